The lowest BCUT2D eigenvalue weighted by Crippen LogP contribution is -2.32. The molecule has 1 nitrogen and oxygen atoms in total. The third-order valence-corrected chi connectivity index (χ3v) is 12.6. The standard InChI is InChI=1S/C53H35NS/c1-3-15-36(16-4-1)37-27-30-40(31-28-37)54(49-26-14-11-20-42(49)38-17-5-2-6-18-38)41-32-33-48-51(35-41)55-50-34-29-39-19-7-8-21-43(39)52(50)53(48)46-24-12-9-22-44(46)45-23-10-13-25-47(45)53/h1-35H. The summed E-state index contributed by atoms with van der Waals surface area (Å²) >= 11 is 1.90. The molecule has 2 aliphatic rings. The molecule has 0 saturated carbocycles. The monoisotopic (exact) mass is 717 g/mol. The lowest BCUT2D eigenvalue weighted by atomic mass is 9.66. The van der Waals surface area contributed by atoms with Crippen molar-refractivity contribution in [2.75, 3.05) is 4.90 Å². The lowest BCUT2D eigenvalue weighted by Gasteiger charge is -2.41. The summed E-state index contributed by atoms with van der Waals surface area (Å²) < 4.78 is 0. The van der Waals surface area contributed by atoms with Crippen molar-refractivity contribution in [3.8, 4) is 33.4 Å². The Balaban J connectivity index is 1.17. The topological polar surface area (TPSA) is 3.24 Å². The van der Waals surface area contributed by atoms with Crippen LogP contribution >= 0.6 is 11.8 Å². The van der Waals surface area contributed by atoms with Crippen LogP contribution in [0.4, 0.5) is 17.1 Å². The van der Waals surface area contributed by atoms with Gasteiger partial charge in [0, 0.05) is 26.7 Å². The predicted molar refractivity (Wildman–Crippen MR) is 231 cm³/mol. The van der Waals surface area contributed by atoms with Crippen molar-refractivity contribution in [2.24, 2.45) is 0 Å². The maximum atomic E-state index is 2.44. The summed E-state index contributed by atoms with van der Waals surface area (Å²) in [5, 5.41) is 2.58. The van der Waals surface area contributed by atoms with Crippen LogP contribution in [0, 0.1) is 0 Å². The molecule has 1 spiro atoms. The van der Waals surface area contributed by atoms with Crippen LogP contribution in [0.5, 0.6) is 0 Å². The second-order valence-electron chi connectivity index (χ2n) is 14.4. The molecule has 0 bridgehead atoms. The van der Waals surface area contributed by atoms with Gasteiger partial charge in [0.15, 0.2) is 0 Å². The Labute approximate surface area is 326 Å². The Morgan fingerprint density at radius 1 is 0.364 bits per heavy atom. The fourth-order valence-electron chi connectivity index (χ4n) is 9.21. The number of nitrogens with zero attached hydrogens (tertiary/aromatic N) is 1. The highest BCUT2D eigenvalue weighted by molar-refractivity contribution is 7.99. The van der Waals surface area contributed by atoms with E-state index in [2.05, 4.69) is 217 Å². The van der Waals surface area contributed by atoms with Crippen LogP contribution in [0.15, 0.2) is 222 Å². The lowest BCUT2D eigenvalue weighted by molar-refractivity contribution is 0.730. The van der Waals surface area contributed by atoms with Crippen LogP contribution < -0.4 is 4.90 Å². The normalized spacial score (nSPS) is 13.2. The maximum absolute atomic E-state index is 2.44. The minimum atomic E-state index is -0.466. The van der Waals surface area contributed by atoms with Gasteiger partial charge in [0.05, 0.1) is 11.1 Å². The molecule has 0 saturated heterocycles. The average molecular weight is 718 g/mol. The SMILES string of the molecule is c1ccc(-c2ccc(N(c3ccc4c(c3)Sc3ccc5ccccc5c3C43c4ccccc4-c4ccccc43)c3ccccc3-c3ccccc3)cc2)cc1. The van der Waals surface area contributed by atoms with E-state index in [1.807, 2.05) is 11.8 Å². The summed E-state index contributed by atoms with van der Waals surface area (Å²) in [5.41, 5.74) is 15.8. The quantitative estimate of drug-likeness (QED) is 0.174. The molecule has 0 amide bonds. The Morgan fingerprint density at radius 3 is 1.65 bits per heavy atom. The molecule has 0 aromatic heterocycles. The Bertz CT molecular complexity index is 2850. The van der Waals surface area contributed by atoms with E-state index in [-0.39, 0.29) is 0 Å². The van der Waals surface area contributed by atoms with Gasteiger partial charge in [-0.05, 0) is 97.2 Å². The first-order chi connectivity index (χ1) is 27.3. The minimum Gasteiger partial charge on any atom is -0.310 e. The molecule has 9 aromatic carbocycles. The Kier molecular flexibility index (Phi) is 7.40. The first-order valence-electron chi connectivity index (χ1n) is 18.9. The van der Waals surface area contributed by atoms with E-state index in [1.165, 1.54) is 76.2 Å². The highest BCUT2D eigenvalue weighted by Gasteiger charge is 2.51. The van der Waals surface area contributed by atoms with E-state index in [0.29, 0.717) is 0 Å². The number of anilines is 3. The Morgan fingerprint density at radius 2 is 0.927 bits per heavy atom. The zero-order valence-corrected chi connectivity index (χ0v) is 30.9. The van der Waals surface area contributed by atoms with E-state index >= 15 is 0 Å². The molecule has 0 fully saturated rings. The predicted octanol–water partition coefficient (Wildman–Crippen LogP) is 14.5. The summed E-state index contributed by atoms with van der Waals surface area (Å²) in [4.78, 5) is 5.02. The summed E-state index contributed by atoms with van der Waals surface area (Å²) in [5.74, 6) is 0. The van der Waals surface area contributed by atoms with Crippen molar-refractivity contribution in [3.05, 3.63) is 235 Å². The van der Waals surface area contributed by atoms with Gasteiger partial charge in [0.1, 0.15) is 0 Å². The second-order valence-corrected chi connectivity index (χ2v) is 15.5. The van der Waals surface area contributed by atoms with E-state index < -0.39 is 5.41 Å². The molecule has 1 heterocycles. The van der Waals surface area contributed by atoms with Crippen LogP contribution in [0.3, 0.4) is 0 Å². The molecule has 0 atom stereocenters. The molecule has 2 heteroatoms. The van der Waals surface area contributed by atoms with Gasteiger partial charge in [-0.2, -0.15) is 0 Å². The van der Waals surface area contributed by atoms with E-state index in [9.17, 15) is 0 Å². The van der Waals surface area contributed by atoms with E-state index in [4.69, 9.17) is 0 Å². The number of benzene rings is 9. The van der Waals surface area contributed by atoms with Crippen LogP contribution in [0.1, 0.15) is 22.3 Å². The summed E-state index contributed by atoms with van der Waals surface area (Å²) in [6, 6.07) is 78.2. The second kappa shape index (κ2) is 12.8. The zero-order chi connectivity index (χ0) is 36.3. The largest absolute Gasteiger partial charge is 0.310 e. The summed E-state index contributed by atoms with van der Waals surface area (Å²) in [7, 11) is 0. The van der Waals surface area contributed by atoms with Gasteiger partial charge in [-0.3, -0.25) is 0 Å². The number of para-hydroxylation sites is 1. The first-order valence-corrected chi connectivity index (χ1v) is 19.7. The molecule has 9 aromatic rings. The molecule has 1 aliphatic heterocycles. The molecule has 55 heavy (non-hydrogen) atoms. The molecular formula is C53H35NS. The summed E-state index contributed by atoms with van der Waals surface area (Å²) in [6.45, 7) is 0. The van der Waals surface area contributed by atoms with Crippen molar-refractivity contribution in [2.45, 2.75) is 15.2 Å². The zero-order valence-electron chi connectivity index (χ0n) is 30.1. The van der Waals surface area contributed by atoms with E-state index in [0.717, 1.165) is 17.1 Å². The van der Waals surface area contributed by atoms with Gasteiger partial charge >= 0.3 is 0 Å². The highest BCUT2D eigenvalue weighted by atomic mass is 32.2. The van der Waals surface area contributed by atoms with Crippen LogP contribution in [0.2, 0.25) is 0 Å². The van der Waals surface area contributed by atoms with Gasteiger partial charge in [-0.1, -0.05) is 188 Å². The van der Waals surface area contributed by atoms with Crippen molar-refractivity contribution < 1.29 is 0 Å². The molecule has 258 valence electrons. The average Bonchev–Trinajstić information content (AvgIpc) is 3.55. The van der Waals surface area contributed by atoms with Gasteiger partial charge in [-0.15, -0.1) is 0 Å². The molecule has 0 N–H and O–H groups in total. The Hall–Kier alpha value is -6.61. The number of rotatable bonds is 5. The molecule has 0 unspecified atom stereocenters. The fraction of sp³-hybridized carbons (Fsp3) is 0.0189. The van der Waals surface area contributed by atoms with Crippen molar-refractivity contribution in [3.63, 3.8) is 0 Å². The molecule has 11 rings (SSSR count). The fourth-order valence-corrected chi connectivity index (χ4v) is 10.5. The first kappa shape index (κ1) is 31.9. The van der Waals surface area contributed by atoms with Crippen LogP contribution in [-0.2, 0) is 5.41 Å². The van der Waals surface area contributed by atoms with Gasteiger partial charge in [-0.25, -0.2) is 0 Å². The molecule has 0 radical (unpaired) electrons. The van der Waals surface area contributed by atoms with Gasteiger partial charge in [0.25, 0.3) is 0 Å². The smallest absolute Gasteiger partial charge is 0.0741 e. The van der Waals surface area contributed by atoms with Crippen molar-refractivity contribution in [1.29, 1.82) is 0 Å². The van der Waals surface area contributed by atoms with Crippen molar-refractivity contribution in [1.82, 2.24) is 0 Å². The third-order valence-electron chi connectivity index (χ3n) is 11.5. The number of fused-ring (bicyclic) bond motifs is 11. The molecular weight excluding hydrogens is 683 g/mol. The van der Waals surface area contributed by atoms with Gasteiger partial charge in [0.2, 0.25) is 0 Å². The molecule has 1 aliphatic carbocycles. The van der Waals surface area contributed by atoms with Crippen molar-refractivity contribution >= 4 is 39.6 Å². The third kappa shape index (κ3) is 4.88. The van der Waals surface area contributed by atoms with E-state index in [1.54, 1.807) is 0 Å². The number of hydrogen-bond donors (Lipinski definition) is 0. The number of hydrogen-bond acceptors (Lipinski definition) is 2. The highest BCUT2D eigenvalue weighted by Crippen LogP contribution is 2.64. The van der Waals surface area contributed by atoms with Gasteiger partial charge < -0.3 is 4.90 Å². The minimum absolute atomic E-state index is 0.466. The summed E-state index contributed by atoms with van der Waals surface area (Å²) in [6.07, 6.45) is 0. The van der Waals surface area contributed by atoms with Crippen LogP contribution in [0.25, 0.3) is 44.2 Å². The van der Waals surface area contributed by atoms with Crippen LogP contribution in [-0.4, -0.2) is 0 Å². The maximum Gasteiger partial charge on any atom is 0.0741 e.